The van der Waals surface area contributed by atoms with Crippen molar-refractivity contribution in [3.05, 3.63) is 35.4 Å². The van der Waals surface area contributed by atoms with Gasteiger partial charge in [-0.1, -0.05) is 25.3 Å². The van der Waals surface area contributed by atoms with Crippen molar-refractivity contribution < 1.29 is 18.7 Å². The van der Waals surface area contributed by atoms with Crippen LogP contribution in [0.1, 0.15) is 37.7 Å². The number of Topliss-reactive ketones (excluding diaryl/α,β-unsaturated/α-hetero) is 1. The second-order valence-corrected chi connectivity index (χ2v) is 4.94. The first-order valence-corrected chi connectivity index (χ1v) is 6.21. The van der Waals surface area contributed by atoms with Crippen molar-refractivity contribution in [1.82, 2.24) is 0 Å². The van der Waals surface area contributed by atoms with Crippen LogP contribution >= 0.6 is 0 Å². The summed E-state index contributed by atoms with van der Waals surface area (Å²) in [6, 6.07) is 3.39. The smallest absolute Gasteiger partial charge is 0.168 e. The van der Waals surface area contributed by atoms with E-state index in [4.69, 9.17) is 0 Å². The van der Waals surface area contributed by atoms with E-state index in [1.54, 1.807) is 0 Å². The predicted molar refractivity (Wildman–Crippen MR) is 63.1 cm³/mol. The van der Waals surface area contributed by atoms with Gasteiger partial charge in [0.05, 0.1) is 0 Å². The van der Waals surface area contributed by atoms with Gasteiger partial charge in [-0.05, 0) is 30.5 Å². The van der Waals surface area contributed by atoms with Crippen molar-refractivity contribution in [2.75, 3.05) is 0 Å². The summed E-state index contributed by atoms with van der Waals surface area (Å²) in [4.78, 5) is 12.0. The van der Waals surface area contributed by atoms with E-state index >= 15 is 0 Å². The van der Waals surface area contributed by atoms with E-state index in [2.05, 4.69) is 0 Å². The van der Waals surface area contributed by atoms with Gasteiger partial charge in [-0.2, -0.15) is 0 Å². The Morgan fingerprint density at radius 1 is 1.17 bits per heavy atom. The van der Waals surface area contributed by atoms with Gasteiger partial charge in [0, 0.05) is 6.42 Å². The molecular weight excluding hydrogens is 238 g/mol. The number of rotatable bonds is 3. The predicted octanol–water partition coefficient (Wildman–Crippen LogP) is 2.77. The molecule has 0 aromatic heterocycles. The minimum absolute atomic E-state index is 0.0479. The lowest BCUT2D eigenvalue weighted by atomic mass is 9.80. The summed E-state index contributed by atoms with van der Waals surface area (Å²) in [6.07, 6.45) is 3.58. The first-order valence-electron chi connectivity index (χ1n) is 6.21. The van der Waals surface area contributed by atoms with E-state index in [-0.39, 0.29) is 12.2 Å². The average Bonchev–Trinajstić information content (AvgIpc) is 2.35. The van der Waals surface area contributed by atoms with Crippen LogP contribution in [-0.2, 0) is 11.2 Å². The van der Waals surface area contributed by atoms with E-state index in [0.29, 0.717) is 18.4 Å². The Morgan fingerprint density at radius 2 is 1.83 bits per heavy atom. The fraction of sp³-hybridized carbons (Fsp3) is 0.500. The molecule has 0 atom stereocenters. The Bertz CT molecular complexity index is 451. The van der Waals surface area contributed by atoms with Crippen LogP contribution in [-0.4, -0.2) is 16.5 Å². The van der Waals surface area contributed by atoms with Crippen LogP contribution in [0.25, 0.3) is 0 Å². The molecule has 0 heterocycles. The van der Waals surface area contributed by atoms with Crippen molar-refractivity contribution in [3.63, 3.8) is 0 Å². The molecule has 0 aliphatic heterocycles. The monoisotopic (exact) mass is 254 g/mol. The molecule has 0 saturated heterocycles. The molecule has 1 aliphatic rings. The third kappa shape index (κ3) is 2.75. The van der Waals surface area contributed by atoms with Crippen molar-refractivity contribution in [1.29, 1.82) is 0 Å². The van der Waals surface area contributed by atoms with E-state index < -0.39 is 17.2 Å². The van der Waals surface area contributed by atoms with Gasteiger partial charge in [0.2, 0.25) is 0 Å². The van der Waals surface area contributed by atoms with Crippen LogP contribution in [0.5, 0.6) is 0 Å². The highest BCUT2D eigenvalue weighted by molar-refractivity contribution is 5.89. The van der Waals surface area contributed by atoms with Gasteiger partial charge in [-0.25, -0.2) is 8.78 Å². The molecule has 0 spiro atoms. The molecule has 0 radical (unpaired) electrons. The second kappa shape index (κ2) is 5.14. The fourth-order valence-corrected chi connectivity index (χ4v) is 2.42. The Morgan fingerprint density at radius 3 is 2.44 bits per heavy atom. The van der Waals surface area contributed by atoms with Gasteiger partial charge in [-0.3, -0.25) is 4.79 Å². The summed E-state index contributed by atoms with van der Waals surface area (Å²) in [5.74, 6) is -2.19. The molecule has 1 saturated carbocycles. The van der Waals surface area contributed by atoms with Crippen molar-refractivity contribution in [2.24, 2.45) is 0 Å². The summed E-state index contributed by atoms with van der Waals surface area (Å²) < 4.78 is 25.8. The Kier molecular flexibility index (Phi) is 3.76. The molecule has 2 nitrogen and oxygen atoms in total. The van der Waals surface area contributed by atoms with Crippen molar-refractivity contribution in [2.45, 2.75) is 44.1 Å². The number of carbonyl (C=O) groups is 1. The van der Waals surface area contributed by atoms with Crippen molar-refractivity contribution >= 4 is 5.78 Å². The van der Waals surface area contributed by atoms with E-state index in [1.165, 1.54) is 6.07 Å². The molecule has 4 heteroatoms. The maximum absolute atomic E-state index is 13.0. The number of aliphatic hydroxyl groups is 1. The molecule has 0 unspecified atom stereocenters. The van der Waals surface area contributed by atoms with E-state index in [0.717, 1.165) is 31.4 Å². The lowest BCUT2D eigenvalue weighted by molar-refractivity contribution is -0.139. The molecule has 98 valence electrons. The Balaban J connectivity index is 2.08. The number of hydrogen-bond acceptors (Lipinski definition) is 2. The third-order valence-corrected chi connectivity index (χ3v) is 3.55. The highest BCUT2D eigenvalue weighted by Gasteiger charge is 2.36. The molecule has 2 rings (SSSR count). The SMILES string of the molecule is O=C(Cc1ccc(F)c(F)c1)C1(O)CCCCC1. The van der Waals surface area contributed by atoms with Gasteiger partial charge < -0.3 is 5.11 Å². The molecule has 1 N–H and O–H groups in total. The standard InChI is InChI=1S/C14H16F2O2/c15-11-5-4-10(8-12(11)16)9-13(17)14(18)6-2-1-3-7-14/h4-5,8,18H,1-3,6-7,9H2. The number of benzene rings is 1. The summed E-state index contributed by atoms with van der Waals surface area (Å²) in [7, 11) is 0. The van der Waals surface area contributed by atoms with Gasteiger partial charge in [0.15, 0.2) is 17.4 Å². The van der Waals surface area contributed by atoms with Crippen LogP contribution in [0, 0.1) is 11.6 Å². The molecular formula is C14H16F2O2. The quantitative estimate of drug-likeness (QED) is 0.900. The zero-order valence-corrected chi connectivity index (χ0v) is 10.1. The molecule has 1 aromatic carbocycles. The number of hydrogen-bond donors (Lipinski definition) is 1. The highest BCUT2D eigenvalue weighted by Crippen LogP contribution is 2.29. The second-order valence-electron chi connectivity index (χ2n) is 4.94. The maximum Gasteiger partial charge on any atom is 0.168 e. The Labute approximate surface area is 105 Å². The summed E-state index contributed by atoms with van der Waals surface area (Å²) >= 11 is 0. The van der Waals surface area contributed by atoms with Gasteiger partial charge in [-0.15, -0.1) is 0 Å². The van der Waals surface area contributed by atoms with Crippen LogP contribution < -0.4 is 0 Å². The minimum atomic E-state index is -1.27. The van der Waals surface area contributed by atoms with Crippen LogP contribution in [0.2, 0.25) is 0 Å². The molecule has 1 fully saturated rings. The summed E-state index contributed by atoms with van der Waals surface area (Å²) in [5.41, 5.74) is -0.874. The van der Waals surface area contributed by atoms with Crippen molar-refractivity contribution in [3.8, 4) is 0 Å². The summed E-state index contributed by atoms with van der Waals surface area (Å²) in [5, 5.41) is 10.2. The van der Waals surface area contributed by atoms with Crippen LogP contribution in [0.3, 0.4) is 0 Å². The minimum Gasteiger partial charge on any atom is -0.382 e. The molecule has 1 aliphatic carbocycles. The molecule has 1 aromatic rings. The fourth-order valence-electron chi connectivity index (χ4n) is 2.42. The summed E-state index contributed by atoms with van der Waals surface area (Å²) in [6.45, 7) is 0. The molecule has 0 bridgehead atoms. The van der Waals surface area contributed by atoms with E-state index in [9.17, 15) is 18.7 Å². The zero-order valence-electron chi connectivity index (χ0n) is 10.1. The van der Waals surface area contributed by atoms with Crippen LogP contribution in [0.4, 0.5) is 8.78 Å². The van der Waals surface area contributed by atoms with Gasteiger partial charge >= 0.3 is 0 Å². The van der Waals surface area contributed by atoms with Crippen LogP contribution in [0.15, 0.2) is 18.2 Å². The Hall–Kier alpha value is -1.29. The molecule has 18 heavy (non-hydrogen) atoms. The topological polar surface area (TPSA) is 37.3 Å². The molecule has 0 amide bonds. The lowest BCUT2D eigenvalue weighted by Gasteiger charge is -2.30. The van der Waals surface area contributed by atoms with Gasteiger partial charge in [0.25, 0.3) is 0 Å². The van der Waals surface area contributed by atoms with Gasteiger partial charge in [0.1, 0.15) is 5.60 Å². The highest BCUT2D eigenvalue weighted by atomic mass is 19.2. The zero-order chi connectivity index (χ0) is 13.2. The average molecular weight is 254 g/mol. The number of carbonyl (C=O) groups excluding carboxylic acids is 1. The first-order chi connectivity index (χ1) is 8.51. The largest absolute Gasteiger partial charge is 0.382 e. The lowest BCUT2D eigenvalue weighted by Crippen LogP contribution is -2.41. The number of halogens is 2. The number of ketones is 1. The first kappa shape index (κ1) is 13.1. The maximum atomic E-state index is 13.0. The van der Waals surface area contributed by atoms with E-state index in [1.807, 2.05) is 0 Å². The normalized spacial score (nSPS) is 18.6. The third-order valence-electron chi connectivity index (χ3n) is 3.55.